The van der Waals surface area contributed by atoms with E-state index in [9.17, 15) is 4.39 Å². The highest BCUT2D eigenvalue weighted by Gasteiger charge is 2.24. The van der Waals surface area contributed by atoms with Crippen LogP contribution in [0.15, 0.2) is 42.5 Å². The first-order valence-electron chi connectivity index (χ1n) is 6.35. The molecule has 0 bridgehead atoms. The zero-order valence-electron chi connectivity index (χ0n) is 10.7. The quantitative estimate of drug-likeness (QED) is 0.836. The van der Waals surface area contributed by atoms with Crippen molar-refractivity contribution < 1.29 is 13.9 Å². The number of aryl methyl sites for hydroxylation is 1. The Morgan fingerprint density at radius 1 is 1.26 bits per heavy atom. The van der Waals surface area contributed by atoms with Gasteiger partial charge in [0.25, 0.3) is 0 Å². The van der Waals surface area contributed by atoms with E-state index in [-0.39, 0.29) is 11.7 Å². The van der Waals surface area contributed by atoms with Gasteiger partial charge in [0, 0.05) is 11.6 Å². The van der Waals surface area contributed by atoms with Crippen LogP contribution in [0.5, 0.6) is 11.5 Å². The summed E-state index contributed by atoms with van der Waals surface area (Å²) in [6.45, 7) is 2.85. The van der Waals surface area contributed by atoms with Crippen LogP contribution in [0, 0.1) is 12.7 Å². The highest BCUT2D eigenvalue weighted by Crippen LogP contribution is 2.33. The molecule has 0 amide bonds. The summed E-state index contributed by atoms with van der Waals surface area (Å²) in [5, 5.41) is 0. The van der Waals surface area contributed by atoms with Crippen LogP contribution in [0.1, 0.15) is 17.0 Å². The van der Waals surface area contributed by atoms with Gasteiger partial charge in [0.05, 0.1) is 19.1 Å². The van der Waals surface area contributed by atoms with E-state index in [0.29, 0.717) is 24.5 Å². The predicted octanol–water partition coefficient (Wildman–Crippen LogP) is 3.69. The van der Waals surface area contributed by atoms with Gasteiger partial charge in [-0.05, 0) is 24.6 Å². The highest BCUT2D eigenvalue weighted by molar-refractivity contribution is 5.39. The monoisotopic (exact) mass is 258 g/mol. The predicted molar refractivity (Wildman–Crippen MR) is 71.3 cm³/mol. The first-order chi connectivity index (χ1) is 9.24. The standard InChI is InChI=1S/C16H15FO2/c1-11-6-7-13(8-15(11)17)18-9-12-10-19-16-5-3-2-4-14(12)16/h2-8,12H,9-10H2,1H3. The summed E-state index contributed by atoms with van der Waals surface area (Å²) in [6.07, 6.45) is 0. The van der Waals surface area contributed by atoms with Crippen LogP contribution in [-0.4, -0.2) is 13.2 Å². The molecule has 2 aromatic carbocycles. The lowest BCUT2D eigenvalue weighted by atomic mass is 10.0. The van der Waals surface area contributed by atoms with Crippen molar-refractivity contribution in [2.24, 2.45) is 0 Å². The normalized spacial score (nSPS) is 16.8. The minimum Gasteiger partial charge on any atom is -0.493 e. The molecule has 0 aliphatic carbocycles. The second-order valence-corrected chi connectivity index (χ2v) is 4.77. The van der Waals surface area contributed by atoms with E-state index >= 15 is 0 Å². The van der Waals surface area contributed by atoms with Crippen LogP contribution in [0.2, 0.25) is 0 Å². The topological polar surface area (TPSA) is 18.5 Å². The maximum Gasteiger partial charge on any atom is 0.129 e. The van der Waals surface area contributed by atoms with Gasteiger partial charge in [-0.3, -0.25) is 0 Å². The number of hydrogen-bond acceptors (Lipinski definition) is 2. The summed E-state index contributed by atoms with van der Waals surface area (Å²) in [4.78, 5) is 0. The SMILES string of the molecule is Cc1ccc(OCC2COc3ccccc32)cc1F. The van der Waals surface area contributed by atoms with Gasteiger partial charge in [0.2, 0.25) is 0 Å². The van der Waals surface area contributed by atoms with E-state index in [1.54, 1.807) is 19.1 Å². The first-order valence-corrected chi connectivity index (χ1v) is 6.35. The minimum atomic E-state index is -0.236. The number of rotatable bonds is 3. The fourth-order valence-electron chi connectivity index (χ4n) is 2.23. The van der Waals surface area contributed by atoms with Crippen LogP contribution >= 0.6 is 0 Å². The lowest BCUT2D eigenvalue weighted by Crippen LogP contribution is -2.11. The second-order valence-electron chi connectivity index (χ2n) is 4.77. The van der Waals surface area contributed by atoms with Crippen molar-refractivity contribution >= 4 is 0 Å². The summed E-state index contributed by atoms with van der Waals surface area (Å²) < 4.78 is 24.7. The van der Waals surface area contributed by atoms with Crippen molar-refractivity contribution in [1.29, 1.82) is 0 Å². The van der Waals surface area contributed by atoms with E-state index in [0.717, 1.165) is 11.3 Å². The van der Waals surface area contributed by atoms with E-state index in [1.807, 2.05) is 24.3 Å². The molecule has 3 rings (SSSR count). The Morgan fingerprint density at radius 3 is 2.95 bits per heavy atom. The molecular weight excluding hydrogens is 243 g/mol. The van der Waals surface area contributed by atoms with Gasteiger partial charge >= 0.3 is 0 Å². The molecule has 0 spiro atoms. The molecule has 1 atom stereocenters. The van der Waals surface area contributed by atoms with Crippen LogP contribution < -0.4 is 9.47 Å². The fraction of sp³-hybridized carbons (Fsp3) is 0.250. The lowest BCUT2D eigenvalue weighted by molar-refractivity contribution is 0.247. The molecule has 0 saturated heterocycles. The molecule has 1 heterocycles. The molecule has 3 heteroatoms. The van der Waals surface area contributed by atoms with Gasteiger partial charge in [-0.2, -0.15) is 0 Å². The Morgan fingerprint density at radius 2 is 2.11 bits per heavy atom. The molecule has 98 valence electrons. The maximum absolute atomic E-state index is 13.4. The molecule has 0 N–H and O–H groups in total. The Kier molecular flexibility index (Phi) is 3.11. The van der Waals surface area contributed by atoms with E-state index in [1.165, 1.54) is 6.07 Å². The summed E-state index contributed by atoms with van der Waals surface area (Å²) in [7, 11) is 0. The zero-order chi connectivity index (χ0) is 13.2. The Bertz CT molecular complexity index is 595. The first kappa shape index (κ1) is 12.0. The molecule has 19 heavy (non-hydrogen) atoms. The van der Waals surface area contributed by atoms with Gasteiger partial charge in [-0.1, -0.05) is 24.3 Å². The summed E-state index contributed by atoms with van der Waals surface area (Å²) in [5.41, 5.74) is 1.79. The fourth-order valence-corrected chi connectivity index (χ4v) is 2.23. The van der Waals surface area contributed by atoms with Gasteiger partial charge in [-0.15, -0.1) is 0 Å². The smallest absolute Gasteiger partial charge is 0.129 e. The average Bonchev–Trinajstić information content (AvgIpc) is 2.83. The van der Waals surface area contributed by atoms with Crippen LogP contribution in [0.4, 0.5) is 4.39 Å². The zero-order valence-corrected chi connectivity index (χ0v) is 10.7. The van der Waals surface area contributed by atoms with Crippen molar-refractivity contribution in [1.82, 2.24) is 0 Å². The lowest BCUT2D eigenvalue weighted by Gasteiger charge is -2.11. The molecule has 1 aliphatic rings. The van der Waals surface area contributed by atoms with Crippen LogP contribution in [-0.2, 0) is 0 Å². The Balaban J connectivity index is 1.69. The molecule has 0 saturated carbocycles. The van der Waals surface area contributed by atoms with Gasteiger partial charge in [0.15, 0.2) is 0 Å². The van der Waals surface area contributed by atoms with Gasteiger partial charge < -0.3 is 9.47 Å². The number of hydrogen-bond donors (Lipinski definition) is 0. The number of benzene rings is 2. The van der Waals surface area contributed by atoms with Crippen LogP contribution in [0.25, 0.3) is 0 Å². The maximum atomic E-state index is 13.4. The number of halogens is 1. The van der Waals surface area contributed by atoms with Crippen molar-refractivity contribution in [3.05, 3.63) is 59.4 Å². The summed E-state index contributed by atoms with van der Waals surface area (Å²) in [5.74, 6) is 1.46. The second kappa shape index (κ2) is 4.92. The van der Waals surface area contributed by atoms with E-state index in [2.05, 4.69) is 0 Å². The van der Waals surface area contributed by atoms with Gasteiger partial charge in [0.1, 0.15) is 17.3 Å². The molecule has 0 fully saturated rings. The molecule has 0 aromatic heterocycles. The van der Waals surface area contributed by atoms with Crippen molar-refractivity contribution in [2.75, 3.05) is 13.2 Å². The van der Waals surface area contributed by atoms with Crippen molar-refractivity contribution in [2.45, 2.75) is 12.8 Å². The third-order valence-electron chi connectivity index (χ3n) is 3.39. The summed E-state index contributed by atoms with van der Waals surface area (Å²) >= 11 is 0. The minimum absolute atomic E-state index is 0.209. The number of para-hydroxylation sites is 1. The third kappa shape index (κ3) is 2.41. The van der Waals surface area contributed by atoms with E-state index < -0.39 is 0 Å². The van der Waals surface area contributed by atoms with Crippen molar-refractivity contribution in [3.63, 3.8) is 0 Å². The largest absolute Gasteiger partial charge is 0.493 e. The highest BCUT2D eigenvalue weighted by atomic mass is 19.1. The molecule has 1 unspecified atom stereocenters. The average molecular weight is 258 g/mol. The number of fused-ring (bicyclic) bond motifs is 1. The molecule has 0 radical (unpaired) electrons. The Hall–Kier alpha value is -2.03. The van der Waals surface area contributed by atoms with Crippen LogP contribution in [0.3, 0.4) is 0 Å². The van der Waals surface area contributed by atoms with E-state index in [4.69, 9.17) is 9.47 Å². The molecule has 1 aliphatic heterocycles. The molecular formula is C16H15FO2. The Labute approximate surface area is 111 Å². The molecule has 2 aromatic rings. The van der Waals surface area contributed by atoms with Crippen molar-refractivity contribution in [3.8, 4) is 11.5 Å². The summed E-state index contributed by atoms with van der Waals surface area (Å²) in [6, 6.07) is 12.9. The molecule has 2 nitrogen and oxygen atoms in total. The number of ether oxygens (including phenoxy) is 2. The van der Waals surface area contributed by atoms with Gasteiger partial charge in [-0.25, -0.2) is 4.39 Å². The third-order valence-corrected chi connectivity index (χ3v) is 3.39.